The lowest BCUT2D eigenvalue weighted by Gasteiger charge is -2.07. The second-order valence-corrected chi connectivity index (χ2v) is 4.84. The molecule has 0 radical (unpaired) electrons. The van der Waals surface area contributed by atoms with Crippen molar-refractivity contribution in [1.29, 1.82) is 0 Å². The first-order valence-corrected chi connectivity index (χ1v) is 7.02. The summed E-state index contributed by atoms with van der Waals surface area (Å²) >= 11 is 1.20. The summed E-state index contributed by atoms with van der Waals surface area (Å²) in [4.78, 5) is 27.0. The van der Waals surface area contributed by atoms with Crippen LogP contribution in [0.3, 0.4) is 0 Å². The number of carbonyl (C=O) groups excluding carboxylic acids is 2. The molecule has 2 amide bonds. The van der Waals surface area contributed by atoms with Crippen molar-refractivity contribution in [2.45, 2.75) is 6.92 Å². The van der Waals surface area contributed by atoms with Gasteiger partial charge in [-0.05, 0) is 31.2 Å². The predicted molar refractivity (Wildman–Crippen MR) is 81.6 cm³/mol. The summed E-state index contributed by atoms with van der Waals surface area (Å²) in [5.41, 5.74) is 6.90. The zero-order valence-electron chi connectivity index (χ0n) is 11.3. The molecule has 0 bridgehead atoms. The summed E-state index contributed by atoms with van der Waals surface area (Å²) in [5.74, 6) is -0.339. The van der Waals surface area contributed by atoms with E-state index in [0.717, 1.165) is 0 Å². The van der Waals surface area contributed by atoms with Crippen molar-refractivity contribution in [3.63, 3.8) is 0 Å². The fraction of sp³-hybridized carbons (Fsp3) is 0.154. The fourth-order valence-electron chi connectivity index (χ4n) is 1.51. The Morgan fingerprint density at radius 3 is 2.38 bits per heavy atom. The summed E-state index contributed by atoms with van der Waals surface area (Å²) < 4.78 is 4.76. The Morgan fingerprint density at radius 2 is 1.86 bits per heavy atom. The van der Waals surface area contributed by atoms with Crippen molar-refractivity contribution >= 4 is 39.8 Å². The van der Waals surface area contributed by atoms with Crippen LogP contribution in [0, 0.1) is 0 Å². The molecule has 1 aromatic heterocycles. The van der Waals surface area contributed by atoms with Gasteiger partial charge in [0.05, 0.1) is 6.61 Å². The molecule has 0 spiro atoms. The SMILES string of the molecule is CCOC(=O)Nc1ccc(NC(=O)c2csc(N)n2)cc1. The van der Waals surface area contributed by atoms with E-state index in [0.29, 0.717) is 23.1 Å². The lowest BCUT2D eigenvalue weighted by Crippen LogP contribution is -2.14. The lowest BCUT2D eigenvalue weighted by atomic mass is 10.2. The fourth-order valence-corrected chi connectivity index (χ4v) is 2.05. The summed E-state index contributed by atoms with van der Waals surface area (Å²) in [5, 5.41) is 7.17. The average Bonchev–Trinajstić information content (AvgIpc) is 2.88. The Hall–Kier alpha value is -2.61. The number of nitrogens with zero attached hydrogens (tertiary/aromatic N) is 1. The summed E-state index contributed by atoms with van der Waals surface area (Å²) in [6.07, 6.45) is -0.521. The van der Waals surface area contributed by atoms with Gasteiger partial charge in [0.25, 0.3) is 5.91 Å². The number of carbonyl (C=O) groups is 2. The third-order valence-corrected chi connectivity index (χ3v) is 3.09. The van der Waals surface area contributed by atoms with E-state index < -0.39 is 6.09 Å². The van der Waals surface area contributed by atoms with Gasteiger partial charge in [-0.2, -0.15) is 0 Å². The molecule has 7 nitrogen and oxygen atoms in total. The van der Waals surface area contributed by atoms with Crippen LogP contribution in [0.1, 0.15) is 17.4 Å². The number of hydrogen-bond donors (Lipinski definition) is 3. The van der Waals surface area contributed by atoms with E-state index in [1.54, 1.807) is 36.6 Å². The van der Waals surface area contributed by atoms with Crippen LogP contribution in [0.25, 0.3) is 0 Å². The van der Waals surface area contributed by atoms with Crippen molar-refractivity contribution in [2.75, 3.05) is 23.0 Å². The van der Waals surface area contributed by atoms with Gasteiger partial charge in [-0.3, -0.25) is 10.1 Å². The van der Waals surface area contributed by atoms with E-state index in [4.69, 9.17) is 10.5 Å². The molecular weight excluding hydrogens is 292 g/mol. The van der Waals surface area contributed by atoms with Gasteiger partial charge in [0.15, 0.2) is 5.13 Å². The number of rotatable bonds is 4. The minimum absolute atomic E-state index is 0.270. The molecule has 4 N–H and O–H groups in total. The van der Waals surface area contributed by atoms with Crippen LogP contribution in [0.4, 0.5) is 21.3 Å². The van der Waals surface area contributed by atoms with E-state index in [1.807, 2.05) is 0 Å². The van der Waals surface area contributed by atoms with Gasteiger partial charge in [0, 0.05) is 16.8 Å². The van der Waals surface area contributed by atoms with Crippen LogP contribution in [0.2, 0.25) is 0 Å². The molecule has 2 rings (SSSR count). The molecule has 2 aromatic rings. The smallest absolute Gasteiger partial charge is 0.411 e. The number of anilines is 3. The molecular formula is C13H14N4O3S. The van der Waals surface area contributed by atoms with E-state index in [9.17, 15) is 9.59 Å². The van der Waals surface area contributed by atoms with Crippen molar-refractivity contribution in [3.05, 3.63) is 35.3 Å². The predicted octanol–water partition coefficient (Wildman–Crippen LogP) is 2.55. The summed E-state index contributed by atoms with van der Waals surface area (Å²) in [6.45, 7) is 2.03. The van der Waals surface area contributed by atoms with Gasteiger partial charge in [0.1, 0.15) is 5.69 Å². The van der Waals surface area contributed by atoms with Crippen LogP contribution in [-0.2, 0) is 4.74 Å². The lowest BCUT2D eigenvalue weighted by molar-refractivity contribution is 0.102. The van der Waals surface area contributed by atoms with Crippen molar-refractivity contribution in [3.8, 4) is 0 Å². The average molecular weight is 306 g/mol. The molecule has 0 saturated heterocycles. The number of nitrogen functional groups attached to an aromatic ring is 1. The van der Waals surface area contributed by atoms with Crippen LogP contribution in [0.5, 0.6) is 0 Å². The standard InChI is InChI=1S/C13H14N4O3S/c1-2-20-13(19)16-9-5-3-8(4-6-9)15-11(18)10-7-21-12(14)17-10/h3-7H,2H2,1H3,(H2,14,17)(H,15,18)(H,16,19). The summed E-state index contributed by atoms with van der Waals surface area (Å²) in [7, 11) is 0. The molecule has 0 unspecified atom stereocenters. The maximum absolute atomic E-state index is 11.9. The molecule has 0 aliphatic heterocycles. The van der Waals surface area contributed by atoms with E-state index >= 15 is 0 Å². The van der Waals surface area contributed by atoms with Gasteiger partial charge in [0.2, 0.25) is 0 Å². The number of nitrogens with one attached hydrogen (secondary N) is 2. The largest absolute Gasteiger partial charge is 0.450 e. The molecule has 1 aromatic carbocycles. The number of thiazole rings is 1. The molecule has 8 heteroatoms. The third-order valence-electron chi connectivity index (χ3n) is 2.42. The van der Waals surface area contributed by atoms with Crippen LogP contribution in [-0.4, -0.2) is 23.6 Å². The first-order chi connectivity index (χ1) is 10.1. The van der Waals surface area contributed by atoms with E-state index in [2.05, 4.69) is 15.6 Å². The molecule has 21 heavy (non-hydrogen) atoms. The zero-order valence-corrected chi connectivity index (χ0v) is 12.1. The normalized spacial score (nSPS) is 9.95. The highest BCUT2D eigenvalue weighted by Gasteiger charge is 2.10. The van der Waals surface area contributed by atoms with Gasteiger partial charge < -0.3 is 15.8 Å². The van der Waals surface area contributed by atoms with Crippen LogP contribution >= 0.6 is 11.3 Å². The number of hydrogen-bond acceptors (Lipinski definition) is 6. The number of nitrogens with two attached hydrogens (primary N) is 1. The highest BCUT2D eigenvalue weighted by Crippen LogP contribution is 2.16. The van der Waals surface area contributed by atoms with E-state index in [1.165, 1.54) is 11.3 Å². The van der Waals surface area contributed by atoms with Crippen molar-refractivity contribution in [2.24, 2.45) is 0 Å². The van der Waals surface area contributed by atoms with Gasteiger partial charge in [-0.1, -0.05) is 0 Å². The second kappa shape index (κ2) is 6.71. The first kappa shape index (κ1) is 14.8. The Bertz CT molecular complexity index is 639. The zero-order chi connectivity index (χ0) is 15.2. The van der Waals surface area contributed by atoms with Crippen molar-refractivity contribution < 1.29 is 14.3 Å². The minimum Gasteiger partial charge on any atom is -0.450 e. The van der Waals surface area contributed by atoms with Gasteiger partial charge >= 0.3 is 6.09 Å². The first-order valence-electron chi connectivity index (χ1n) is 6.14. The maximum Gasteiger partial charge on any atom is 0.411 e. The van der Waals surface area contributed by atoms with Gasteiger partial charge in [-0.25, -0.2) is 9.78 Å². The van der Waals surface area contributed by atoms with Crippen LogP contribution in [0.15, 0.2) is 29.6 Å². The monoisotopic (exact) mass is 306 g/mol. The Morgan fingerprint density at radius 1 is 1.24 bits per heavy atom. The molecule has 0 saturated carbocycles. The highest BCUT2D eigenvalue weighted by molar-refractivity contribution is 7.13. The number of aromatic nitrogens is 1. The topological polar surface area (TPSA) is 106 Å². The highest BCUT2D eigenvalue weighted by atomic mass is 32.1. The Kier molecular flexibility index (Phi) is 4.72. The molecule has 110 valence electrons. The third kappa shape index (κ3) is 4.18. The second-order valence-electron chi connectivity index (χ2n) is 3.95. The molecule has 0 aliphatic rings. The quantitative estimate of drug-likeness (QED) is 0.804. The number of benzene rings is 1. The van der Waals surface area contributed by atoms with Gasteiger partial charge in [-0.15, -0.1) is 11.3 Å². The minimum atomic E-state index is -0.521. The van der Waals surface area contributed by atoms with Crippen LogP contribution < -0.4 is 16.4 Å². The summed E-state index contributed by atoms with van der Waals surface area (Å²) in [6, 6.07) is 6.63. The maximum atomic E-state index is 11.9. The number of ether oxygens (including phenoxy) is 1. The number of amides is 2. The molecule has 0 fully saturated rings. The van der Waals surface area contributed by atoms with Crippen molar-refractivity contribution in [1.82, 2.24) is 4.98 Å². The molecule has 0 aliphatic carbocycles. The Labute approximate surface area is 125 Å². The Balaban J connectivity index is 1.96. The van der Waals surface area contributed by atoms with E-state index in [-0.39, 0.29) is 11.6 Å². The molecule has 1 heterocycles. The molecule has 0 atom stereocenters.